The van der Waals surface area contributed by atoms with E-state index in [1.165, 1.54) is 24.4 Å². The average Bonchev–Trinajstić information content (AvgIpc) is 2.79. The molecule has 2 rings (SSSR count). The first-order chi connectivity index (χ1) is 9.11. The molecule has 1 aromatic carbocycles. The summed E-state index contributed by atoms with van der Waals surface area (Å²) in [6, 6.07) is 3.97. The molecule has 0 saturated carbocycles. The number of nitrogens with one attached hydrogen (secondary N) is 2. The van der Waals surface area contributed by atoms with Crippen molar-refractivity contribution >= 4 is 11.6 Å². The highest BCUT2D eigenvalue weighted by molar-refractivity contribution is 6.05. The highest BCUT2D eigenvalue weighted by atomic mass is 19.1. The van der Waals surface area contributed by atoms with E-state index in [0.29, 0.717) is 29.3 Å². The molecule has 1 aromatic heterocycles. The number of carbonyl (C=O) groups is 1. The van der Waals surface area contributed by atoms with E-state index >= 15 is 0 Å². The van der Waals surface area contributed by atoms with Gasteiger partial charge in [-0.05, 0) is 26.0 Å². The molecule has 2 N–H and O–H groups in total. The standard InChI is InChI=1S/C13H14FN3O2/c1-3-19-12-6-9(14)4-5-11(12)16-13(18)10-7-15-17-8(10)2/h4-7H,3H2,1-2H3,(H,15,17)(H,16,18). The lowest BCUT2D eigenvalue weighted by Crippen LogP contribution is -2.13. The Hall–Kier alpha value is -2.37. The second kappa shape index (κ2) is 5.51. The molecule has 1 heterocycles. The number of aryl methyl sites for hydroxylation is 1. The number of hydrogen-bond donors (Lipinski definition) is 2. The van der Waals surface area contributed by atoms with Crippen LogP contribution in [0.5, 0.6) is 5.75 Å². The molecule has 100 valence electrons. The number of halogens is 1. The van der Waals surface area contributed by atoms with Crippen LogP contribution in [-0.4, -0.2) is 22.7 Å². The van der Waals surface area contributed by atoms with Crippen LogP contribution in [0, 0.1) is 12.7 Å². The third kappa shape index (κ3) is 2.90. The summed E-state index contributed by atoms with van der Waals surface area (Å²) in [6.07, 6.45) is 1.44. The van der Waals surface area contributed by atoms with Gasteiger partial charge in [0.2, 0.25) is 0 Å². The molecule has 6 heteroatoms. The van der Waals surface area contributed by atoms with Crippen molar-refractivity contribution in [3.8, 4) is 5.75 Å². The van der Waals surface area contributed by atoms with E-state index in [9.17, 15) is 9.18 Å². The van der Waals surface area contributed by atoms with Gasteiger partial charge in [-0.3, -0.25) is 9.89 Å². The lowest BCUT2D eigenvalue weighted by Gasteiger charge is -2.11. The van der Waals surface area contributed by atoms with E-state index in [4.69, 9.17) is 4.74 Å². The van der Waals surface area contributed by atoms with Crippen LogP contribution in [0.3, 0.4) is 0 Å². The molecule has 0 aliphatic heterocycles. The third-order valence-electron chi connectivity index (χ3n) is 2.57. The van der Waals surface area contributed by atoms with Crippen LogP contribution in [0.15, 0.2) is 24.4 Å². The van der Waals surface area contributed by atoms with Gasteiger partial charge in [0.25, 0.3) is 5.91 Å². The lowest BCUT2D eigenvalue weighted by molar-refractivity contribution is 0.102. The molecule has 0 aliphatic rings. The van der Waals surface area contributed by atoms with E-state index in [1.807, 2.05) is 0 Å². The van der Waals surface area contributed by atoms with Gasteiger partial charge in [0.1, 0.15) is 11.6 Å². The second-order valence-corrected chi connectivity index (χ2v) is 3.94. The Morgan fingerprint density at radius 1 is 1.53 bits per heavy atom. The molecule has 0 radical (unpaired) electrons. The van der Waals surface area contributed by atoms with Crippen molar-refractivity contribution in [3.63, 3.8) is 0 Å². The fourth-order valence-corrected chi connectivity index (χ4v) is 1.64. The summed E-state index contributed by atoms with van der Waals surface area (Å²) in [5.41, 5.74) is 1.53. The van der Waals surface area contributed by atoms with Crippen LogP contribution in [0.4, 0.5) is 10.1 Å². The second-order valence-electron chi connectivity index (χ2n) is 3.94. The van der Waals surface area contributed by atoms with Crippen molar-refractivity contribution in [2.24, 2.45) is 0 Å². The summed E-state index contributed by atoms with van der Waals surface area (Å²) in [5, 5.41) is 9.14. The van der Waals surface area contributed by atoms with Gasteiger partial charge in [0.05, 0.1) is 24.1 Å². The molecular weight excluding hydrogens is 249 g/mol. The zero-order valence-electron chi connectivity index (χ0n) is 10.7. The summed E-state index contributed by atoms with van der Waals surface area (Å²) < 4.78 is 18.4. The predicted octanol–water partition coefficient (Wildman–Crippen LogP) is 2.51. The zero-order chi connectivity index (χ0) is 13.8. The Morgan fingerprint density at radius 2 is 2.32 bits per heavy atom. The van der Waals surface area contributed by atoms with Crippen molar-refractivity contribution < 1.29 is 13.9 Å². The number of aromatic amines is 1. The van der Waals surface area contributed by atoms with Crippen molar-refractivity contribution in [1.29, 1.82) is 0 Å². The predicted molar refractivity (Wildman–Crippen MR) is 68.8 cm³/mol. The number of benzene rings is 1. The quantitative estimate of drug-likeness (QED) is 0.890. The molecule has 2 aromatic rings. The minimum Gasteiger partial charge on any atom is -0.492 e. The van der Waals surface area contributed by atoms with Gasteiger partial charge in [-0.25, -0.2) is 4.39 Å². The average molecular weight is 263 g/mol. The van der Waals surface area contributed by atoms with Crippen LogP contribution in [0.2, 0.25) is 0 Å². The van der Waals surface area contributed by atoms with Crippen LogP contribution in [-0.2, 0) is 0 Å². The maximum atomic E-state index is 13.1. The summed E-state index contributed by atoms with van der Waals surface area (Å²) >= 11 is 0. The summed E-state index contributed by atoms with van der Waals surface area (Å²) in [7, 11) is 0. The molecule has 0 spiro atoms. The molecule has 0 fully saturated rings. The van der Waals surface area contributed by atoms with Crippen LogP contribution in [0.25, 0.3) is 0 Å². The van der Waals surface area contributed by atoms with E-state index < -0.39 is 5.82 Å². The normalized spacial score (nSPS) is 10.3. The van der Waals surface area contributed by atoms with Gasteiger partial charge >= 0.3 is 0 Å². The van der Waals surface area contributed by atoms with Gasteiger partial charge < -0.3 is 10.1 Å². The number of anilines is 1. The number of carbonyl (C=O) groups excluding carboxylic acids is 1. The number of aromatic nitrogens is 2. The van der Waals surface area contributed by atoms with Gasteiger partial charge in [-0.15, -0.1) is 0 Å². The molecule has 0 saturated heterocycles. The van der Waals surface area contributed by atoms with Gasteiger partial charge in [-0.2, -0.15) is 5.10 Å². The number of ether oxygens (including phenoxy) is 1. The maximum Gasteiger partial charge on any atom is 0.259 e. The van der Waals surface area contributed by atoms with Crippen LogP contribution < -0.4 is 10.1 Å². The van der Waals surface area contributed by atoms with E-state index in [1.54, 1.807) is 13.8 Å². The summed E-state index contributed by atoms with van der Waals surface area (Å²) in [5.74, 6) is -0.434. The number of rotatable bonds is 4. The molecule has 0 unspecified atom stereocenters. The highest BCUT2D eigenvalue weighted by Gasteiger charge is 2.14. The Balaban J connectivity index is 2.23. The van der Waals surface area contributed by atoms with E-state index in [0.717, 1.165) is 0 Å². The van der Waals surface area contributed by atoms with E-state index in [2.05, 4.69) is 15.5 Å². The minimum absolute atomic E-state index is 0.303. The summed E-state index contributed by atoms with van der Waals surface area (Å²) in [4.78, 5) is 12.0. The molecular formula is C13H14FN3O2. The van der Waals surface area contributed by atoms with Crippen LogP contribution in [0.1, 0.15) is 23.0 Å². The van der Waals surface area contributed by atoms with Gasteiger partial charge in [-0.1, -0.05) is 0 Å². The fourth-order valence-electron chi connectivity index (χ4n) is 1.64. The topological polar surface area (TPSA) is 67.0 Å². The molecule has 5 nitrogen and oxygen atoms in total. The summed E-state index contributed by atoms with van der Waals surface area (Å²) in [6.45, 7) is 3.92. The zero-order valence-corrected chi connectivity index (χ0v) is 10.7. The molecule has 0 atom stereocenters. The molecule has 19 heavy (non-hydrogen) atoms. The van der Waals surface area contributed by atoms with Crippen molar-refractivity contribution in [1.82, 2.24) is 10.2 Å². The molecule has 0 bridgehead atoms. The smallest absolute Gasteiger partial charge is 0.259 e. The minimum atomic E-state index is -0.416. The third-order valence-corrected chi connectivity index (χ3v) is 2.57. The largest absolute Gasteiger partial charge is 0.492 e. The Kier molecular flexibility index (Phi) is 3.79. The molecule has 0 aliphatic carbocycles. The first-order valence-electron chi connectivity index (χ1n) is 5.85. The Morgan fingerprint density at radius 3 is 2.95 bits per heavy atom. The monoisotopic (exact) mass is 263 g/mol. The SMILES string of the molecule is CCOc1cc(F)ccc1NC(=O)c1cn[nH]c1C. The van der Waals surface area contributed by atoms with Crippen molar-refractivity contribution in [2.75, 3.05) is 11.9 Å². The van der Waals surface area contributed by atoms with E-state index in [-0.39, 0.29) is 5.91 Å². The van der Waals surface area contributed by atoms with Crippen molar-refractivity contribution in [2.45, 2.75) is 13.8 Å². The maximum absolute atomic E-state index is 13.1. The van der Waals surface area contributed by atoms with Gasteiger partial charge in [0.15, 0.2) is 0 Å². The number of amides is 1. The Bertz CT molecular complexity index is 595. The lowest BCUT2D eigenvalue weighted by atomic mass is 10.2. The van der Waals surface area contributed by atoms with Gasteiger partial charge in [0, 0.05) is 11.8 Å². The molecule has 1 amide bonds. The first kappa shape index (κ1) is 13.1. The fraction of sp³-hybridized carbons (Fsp3) is 0.231. The number of H-pyrrole nitrogens is 1. The first-order valence-corrected chi connectivity index (χ1v) is 5.85. The number of nitrogens with zero attached hydrogens (tertiary/aromatic N) is 1. The van der Waals surface area contributed by atoms with Crippen LogP contribution >= 0.6 is 0 Å². The Labute approximate surface area is 109 Å². The number of hydrogen-bond acceptors (Lipinski definition) is 3. The highest BCUT2D eigenvalue weighted by Crippen LogP contribution is 2.26. The van der Waals surface area contributed by atoms with Crippen molar-refractivity contribution in [3.05, 3.63) is 41.5 Å².